The van der Waals surface area contributed by atoms with Gasteiger partial charge in [0.05, 0.1) is 6.54 Å². The number of likely N-dealkylation sites (tertiary alicyclic amines) is 1. The van der Waals surface area contributed by atoms with Crippen LogP contribution in [0.2, 0.25) is 0 Å². The molecule has 1 N–H and O–H groups in total. The number of amides is 1. The number of nitrogens with zero attached hydrogens (tertiary/aromatic N) is 4. The molecule has 0 bridgehead atoms. The van der Waals surface area contributed by atoms with Gasteiger partial charge in [-0.1, -0.05) is 0 Å². The summed E-state index contributed by atoms with van der Waals surface area (Å²) in [6, 6.07) is 0. The highest BCUT2D eigenvalue weighted by Crippen LogP contribution is 2.16. The van der Waals surface area contributed by atoms with Crippen molar-refractivity contribution < 1.29 is 4.79 Å². The smallest absolute Gasteiger partial charge is 0.224 e. The Morgan fingerprint density at radius 3 is 3.18 bits per heavy atom. The summed E-state index contributed by atoms with van der Waals surface area (Å²) in [6.07, 6.45) is 4.75. The van der Waals surface area contributed by atoms with Gasteiger partial charge in [-0.3, -0.25) is 9.48 Å². The third kappa shape index (κ3) is 3.26. The molecule has 6 heteroatoms. The standard InChI is InChI=1S/C11H19N5O/c1-12-6-10-2-4-15(7-10)11(17)3-5-16-9-13-8-14-16/h8-10,12H,2-7H2,1H3. The van der Waals surface area contributed by atoms with Crippen LogP contribution in [0.5, 0.6) is 0 Å². The molecular formula is C11H19N5O. The maximum absolute atomic E-state index is 11.9. The topological polar surface area (TPSA) is 63.1 Å². The molecule has 94 valence electrons. The van der Waals surface area contributed by atoms with Crippen molar-refractivity contribution in [2.45, 2.75) is 19.4 Å². The Hall–Kier alpha value is -1.43. The summed E-state index contributed by atoms with van der Waals surface area (Å²) in [5, 5.41) is 7.15. The largest absolute Gasteiger partial charge is 0.342 e. The molecule has 1 unspecified atom stereocenters. The summed E-state index contributed by atoms with van der Waals surface area (Å²) in [4.78, 5) is 17.7. The van der Waals surface area contributed by atoms with E-state index in [0.29, 0.717) is 18.9 Å². The van der Waals surface area contributed by atoms with Crippen molar-refractivity contribution in [1.82, 2.24) is 25.0 Å². The first-order chi connectivity index (χ1) is 8.29. The lowest BCUT2D eigenvalue weighted by molar-refractivity contribution is -0.130. The van der Waals surface area contributed by atoms with Gasteiger partial charge in [-0.05, 0) is 25.9 Å². The van der Waals surface area contributed by atoms with Crippen molar-refractivity contribution in [1.29, 1.82) is 0 Å². The van der Waals surface area contributed by atoms with Crippen LogP contribution in [0.3, 0.4) is 0 Å². The van der Waals surface area contributed by atoms with E-state index in [1.165, 1.54) is 6.33 Å². The van der Waals surface area contributed by atoms with Crippen LogP contribution < -0.4 is 5.32 Å². The minimum absolute atomic E-state index is 0.221. The van der Waals surface area contributed by atoms with Crippen LogP contribution in [-0.4, -0.2) is 52.3 Å². The summed E-state index contributed by atoms with van der Waals surface area (Å²) in [6.45, 7) is 3.39. The van der Waals surface area contributed by atoms with E-state index in [1.54, 1.807) is 11.0 Å². The minimum atomic E-state index is 0.221. The number of nitrogens with one attached hydrogen (secondary N) is 1. The van der Waals surface area contributed by atoms with Crippen molar-refractivity contribution >= 4 is 5.91 Å². The first kappa shape index (κ1) is 12.0. The van der Waals surface area contributed by atoms with E-state index in [4.69, 9.17) is 0 Å². The van der Waals surface area contributed by atoms with Crippen LogP contribution in [0.1, 0.15) is 12.8 Å². The summed E-state index contributed by atoms with van der Waals surface area (Å²) in [5.74, 6) is 0.828. The lowest BCUT2D eigenvalue weighted by Gasteiger charge is -2.16. The monoisotopic (exact) mass is 237 g/mol. The fourth-order valence-corrected chi connectivity index (χ4v) is 2.23. The highest BCUT2D eigenvalue weighted by Gasteiger charge is 2.25. The van der Waals surface area contributed by atoms with Crippen molar-refractivity contribution in [3.63, 3.8) is 0 Å². The van der Waals surface area contributed by atoms with Gasteiger partial charge in [0.1, 0.15) is 12.7 Å². The predicted octanol–water partition coefficient (Wildman–Crippen LogP) is -0.264. The molecule has 17 heavy (non-hydrogen) atoms. The molecule has 2 rings (SSSR count). The van der Waals surface area contributed by atoms with E-state index >= 15 is 0 Å². The van der Waals surface area contributed by atoms with Gasteiger partial charge in [-0.2, -0.15) is 5.10 Å². The van der Waals surface area contributed by atoms with Gasteiger partial charge in [-0.15, -0.1) is 0 Å². The van der Waals surface area contributed by atoms with Crippen LogP contribution in [0.25, 0.3) is 0 Å². The fourth-order valence-electron chi connectivity index (χ4n) is 2.23. The molecule has 0 aromatic carbocycles. The lowest BCUT2D eigenvalue weighted by Crippen LogP contribution is -2.30. The molecule has 1 amide bonds. The van der Waals surface area contributed by atoms with E-state index in [-0.39, 0.29) is 5.91 Å². The minimum Gasteiger partial charge on any atom is -0.342 e. The zero-order valence-corrected chi connectivity index (χ0v) is 10.2. The Kier molecular flexibility index (Phi) is 4.08. The fraction of sp³-hybridized carbons (Fsp3) is 0.727. The first-order valence-electron chi connectivity index (χ1n) is 6.04. The third-order valence-electron chi connectivity index (χ3n) is 3.15. The number of aromatic nitrogens is 3. The molecule has 1 aliphatic rings. The average Bonchev–Trinajstić information content (AvgIpc) is 2.97. The predicted molar refractivity (Wildman–Crippen MR) is 63.3 cm³/mol. The molecule has 0 saturated carbocycles. The first-order valence-corrected chi connectivity index (χ1v) is 6.04. The van der Waals surface area contributed by atoms with Gasteiger partial charge >= 0.3 is 0 Å². The number of aryl methyl sites for hydroxylation is 1. The van der Waals surface area contributed by atoms with Gasteiger partial charge < -0.3 is 10.2 Å². The van der Waals surface area contributed by atoms with Gasteiger partial charge in [0.15, 0.2) is 0 Å². The van der Waals surface area contributed by atoms with E-state index in [1.807, 2.05) is 11.9 Å². The van der Waals surface area contributed by atoms with Gasteiger partial charge in [0.25, 0.3) is 0 Å². The van der Waals surface area contributed by atoms with Crippen molar-refractivity contribution in [2.75, 3.05) is 26.7 Å². The molecule has 0 aliphatic carbocycles. The van der Waals surface area contributed by atoms with Crippen molar-refractivity contribution in [3.8, 4) is 0 Å². The zero-order valence-electron chi connectivity index (χ0n) is 10.2. The summed E-state index contributed by atoms with van der Waals surface area (Å²) >= 11 is 0. The Morgan fingerprint density at radius 2 is 2.47 bits per heavy atom. The van der Waals surface area contributed by atoms with Crippen molar-refractivity contribution in [3.05, 3.63) is 12.7 Å². The Bertz CT molecular complexity index is 351. The zero-order chi connectivity index (χ0) is 12.1. The van der Waals surface area contributed by atoms with Crippen LogP contribution >= 0.6 is 0 Å². The van der Waals surface area contributed by atoms with Crippen LogP contribution in [0, 0.1) is 5.92 Å². The lowest BCUT2D eigenvalue weighted by atomic mass is 10.1. The molecule has 0 radical (unpaired) electrons. The van der Waals surface area contributed by atoms with E-state index in [0.717, 1.165) is 26.1 Å². The molecule has 0 spiro atoms. The third-order valence-corrected chi connectivity index (χ3v) is 3.15. The average molecular weight is 237 g/mol. The van der Waals surface area contributed by atoms with Crippen LogP contribution in [-0.2, 0) is 11.3 Å². The quantitative estimate of drug-likeness (QED) is 0.766. The SMILES string of the molecule is CNCC1CCN(C(=O)CCn2cncn2)C1. The molecule has 1 aromatic rings. The Labute approximate surface area is 101 Å². The summed E-state index contributed by atoms with van der Waals surface area (Å²) in [7, 11) is 1.95. The second-order valence-corrected chi connectivity index (χ2v) is 4.46. The normalized spacial score (nSPS) is 19.8. The Balaban J connectivity index is 1.73. The number of rotatable bonds is 5. The van der Waals surface area contributed by atoms with Gasteiger partial charge in [0.2, 0.25) is 5.91 Å². The highest BCUT2D eigenvalue weighted by molar-refractivity contribution is 5.76. The van der Waals surface area contributed by atoms with Gasteiger partial charge in [-0.25, -0.2) is 4.98 Å². The van der Waals surface area contributed by atoms with E-state index in [2.05, 4.69) is 15.4 Å². The van der Waals surface area contributed by atoms with Crippen molar-refractivity contribution in [2.24, 2.45) is 5.92 Å². The number of carbonyl (C=O) groups excluding carboxylic acids is 1. The number of hydrogen-bond acceptors (Lipinski definition) is 4. The second kappa shape index (κ2) is 5.77. The second-order valence-electron chi connectivity index (χ2n) is 4.46. The Morgan fingerprint density at radius 1 is 1.59 bits per heavy atom. The number of carbonyl (C=O) groups is 1. The molecule has 1 saturated heterocycles. The maximum Gasteiger partial charge on any atom is 0.224 e. The molecular weight excluding hydrogens is 218 g/mol. The van der Waals surface area contributed by atoms with Crippen LogP contribution in [0.4, 0.5) is 0 Å². The van der Waals surface area contributed by atoms with E-state index < -0.39 is 0 Å². The molecule has 1 aliphatic heterocycles. The summed E-state index contributed by atoms with van der Waals surface area (Å²) in [5.41, 5.74) is 0. The molecule has 6 nitrogen and oxygen atoms in total. The van der Waals surface area contributed by atoms with Crippen LogP contribution in [0.15, 0.2) is 12.7 Å². The number of hydrogen-bond donors (Lipinski definition) is 1. The molecule has 1 aromatic heterocycles. The molecule has 1 atom stereocenters. The maximum atomic E-state index is 11.9. The van der Waals surface area contributed by atoms with E-state index in [9.17, 15) is 4.79 Å². The molecule has 2 heterocycles. The summed E-state index contributed by atoms with van der Waals surface area (Å²) < 4.78 is 1.69. The van der Waals surface area contributed by atoms with Gasteiger partial charge in [0, 0.05) is 19.5 Å². The molecule has 1 fully saturated rings. The highest BCUT2D eigenvalue weighted by atomic mass is 16.2.